The van der Waals surface area contributed by atoms with E-state index < -0.39 is 0 Å². The minimum atomic E-state index is -0.352. The Bertz CT molecular complexity index is 837. The summed E-state index contributed by atoms with van der Waals surface area (Å²) in [6, 6.07) is 0.367. The van der Waals surface area contributed by atoms with Crippen LogP contribution in [0.5, 0.6) is 0 Å². The number of hydrogen-bond acceptors (Lipinski definition) is 5. The summed E-state index contributed by atoms with van der Waals surface area (Å²) < 4.78 is 0. The van der Waals surface area contributed by atoms with E-state index in [1.165, 1.54) is 38.5 Å². The molecule has 5 rings (SSSR count). The van der Waals surface area contributed by atoms with Crippen LogP contribution in [0.25, 0.3) is 0 Å². The molecule has 0 radical (unpaired) electrons. The van der Waals surface area contributed by atoms with Crippen molar-refractivity contribution in [3.8, 4) is 0 Å². The van der Waals surface area contributed by atoms with Crippen LogP contribution in [0.2, 0.25) is 0 Å². The Kier molecular flexibility index (Phi) is 6.58. The number of nitrogens with zero attached hydrogens (tertiary/aromatic N) is 2. The van der Waals surface area contributed by atoms with Crippen LogP contribution in [0.1, 0.15) is 91.4 Å². The number of oxime groups is 1. The van der Waals surface area contributed by atoms with Gasteiger partial charge in [-0.2, -0.15) is 0 Å². The Morgan fingerprint density at radius 2 is 1.88 bits per heavy atom. The molecule has 1 N–H and O–H groups in total. The van der Waals surface area contributed by atoms with Crippen molar-refractivity contribution in [3.05, 3.63) is 0 Å². The van der Waals surface area contributed by atoms with Gasteiger partial charge < -0.3 is 10.2 Å². The SMILES string of the molecule is C/C(=N\OC(=O)N(C)CC1CCCN1)[C@H]1CC[C@H]2[C@@H]3CC[C@@H]4CC(=O)CC[C@]4(C)[C@H]3CC[C@]12C. The lowest BCUT2D eigenvalue weighted by atomic mass is 9.44. The minimum absolute atomic E-state index is 0.245. The van der Waals surface area contributed by atoms with Gasteiger partial charge in [0.25, 0.3) is 0 Å². The molecule has 0 spiro atoms. The molecular formula is C28H45N3O3. The van der Waals surface area contributed by atoms with E-state index in [1.54, 1.807) is 11.9 Å². The first-order chi connectivity index (χ1) is 16.2. The third-order valence-electron chi connectivity index (χ3n) is 11.2. The first-order valence-corrected chi connectivity index (χ1v) is 13.9. The summed E-state index contributed by atoms with van der Waals surface area (Å²) in [5.41, 5.74) is 1.59. The van der Waals surface area contributed by atoms with Crippen molar-refractivity contribution in [2.45, 2.75) is 97.4 Å². The van der Waals surface area contributed by atoms with Crippen molar-refractivity contribution in [2.75, 3.05) is 20.1 Å². The Morgan fingerprint density at radius 3 is 2.65 bits per heavy atom. The van der Waals surface area contributed by atoms with E-state index in [0.29, 0.717) is 35.6 Å². The van der Waals surface area contributed by atoms with Crippen LogP contribution in [0.4, 0.5) is 4.79 Å². The van der Waals surface area contributed by atoms with Gasteiger partial charge in [-0.15, -0.1) is 0 Å². The van der Waals surface area contributed by atoms with Crippen LogP contribution in [0.3, 0.4) is 0 Å². The summed E-state index contributed by atoms with van der Waals surface area (Å²) in [4.78, 5) is 31.8. The third-order valence-corrected chi connectivity index (χ3v) is 11.2. The standard InChI is InChI=1S/C28H45N3O3/c1-18(30-34-26(33)31(4)17-20-6-5-15-29-20)23-9-10-24-22-8-7-19-16-21(32)11-13-27(19,2)25(22)12-14-28(23,24)3/h19-20,22-25,29H,5-17H2,1-4H3/b30-18+/t19-,20?,22+,23-,24+,25+,27+,28-/m1/s1. The monoisotopic (exact) mass is 471 g/mol. The molecule has 0 aromatic carbocycles. The number of Topliss-reactive ketones (excluding diaryl/α,β-unsaturated/α-hetero) is 1. The van der Waals surface area contributed by atoms with Crippen LogP contribution in [-0.2, 0) is 9.63 Å². The summed E-state index contributed by atoms with van der Waals surface area (Å²) in [5.74, 6) is 3.77. The van der Waals surface area contributed by atoms with E-state index in [0.717, 1.165) is 62.1 Å². The summed E-state index contributed by atoms with van der Waals surface area (Å²) in [6.07, 6.45) is 12.1. The first-order valence-electron chi connectivity index (χ1n) is 13.9. The van der Waals surface area contributed by atoms with Gasteiger partial charge in [0, 0.05) is 38.4 Å². The first kappa shape index (κ1) is 24.3. The van der Waals surface area contributed by atoms with Crippen molar-refractivity contribution < 1.29 is 14.4 Å². The van der Waals surface area contributed by atoms with Crippen molar-refractivity contribution in [3.63, 3.8) is 0 Å². The number of rotatable bonds is 4. The van der Waals surface area contributed by atoms with E-state index >= 15 is 0 Å². The predicted molar refractivity (Wildman–Crippen MR) is 133 cm³/mol. The van der Waals surface area contributed by atoms with Crippen molar-refractivity contribution in [1.29, 1.82) is 0 Å². The predicted octanol–water partition coefficient (Wildman–Crippen LogP) is 5.41. The van der Waals surface area contributed by atoms with Crippen molar-refractivity contribution in [2.24, 2.45) is 45.6 Å². The molecule has 6 heteroatoms. The number of fused-ring (bicyclic) bond motifs is 5. The van der Waals surface area contributed by atoms with Crippen LogP contribution >= 0.6 is 0 Å². The fraction of sp³-hybridized carbons (Fsp3) is 0.893. The van der Waals surface area contributed by atoms with Gasteiger partial charge in [-0.25, -0.2) is 4.79 Å². The van der Waals surface area contributed by atoms with Crippen LogP contribution < -0.4 is 5.32 Å². The molecule has 1 heterocycles. The minimum Gasteiger partial charge on any atom is -0.312 e. The number of carbonyl (C=O) groups is 2. The summed E-state index contributed by atoms with van der Waals surface area (Å²) in [7, 11) is 1.80. The summed E-state index contributed by atoms with van der Waals surface area (Å²) in [5, 5.41) is 7.83. The number of amides is 1. The lowest BCUT2D eigenvalue weighted by molar-refractivity contribution is -0.138. The van der Waals surface area contributed by atoms with Gasteiger partial charge in [0.1, 0.15) is 5.78 Å². The van der Waals surface area contributed by atoms with Gasteiger partial charge >= 0.3 is 6.09 Å². The van der Waals surface area contributed by atoms with E-state index in [4.69, 9.17) is 4.84 Å². The van der Waals surface area contributed by atoms with Gasteiger partial charge in [0.15, 0.2) is 0 Å². The van der Waals surface area contributed by atoms with Gasteiger partial charge in [-0.1, -0.05) is 19.0 Å². The molecule has 190 valence electrons. The molecule has 6 nitrogen and oxygen atoms in total. The average Bonchev–Trinajstić information content (AvgIpc) is 3.44. The van der Waals surface area contributed by atoms with E-state index in [1.807, 2.05) is 0 Å². The molecule has 1 amide bonds. The Labute approximate surface area is 205 Å². The molecule has 0 bridgehead atoms. The number of carbonyl (C=O) groups excluding carboxylic acids is 2. The fourth-order valence-electron chi connectivity index (χ4n) is 9.29. The van der Waals surface area contributed by atoms with Gasteiger partial charge in [-0.3, -0.25) is 9.63 Å². The largest absolute Gasteiger partial charge is 0.435 e. The number of likely N-dealkylation sites (N-methyl/N-ethyl adjacent to an activating group) is 1. The molecule has 0 aromatic heterocycles. The third kappa shape index (κ3) is 4.12. The molecular weight excluding hydrogens is 426 g/mol. The second-order valence-corrected chi connectivity index (χ2v) is 12.8. The summed E-state index contributed by atoms with van der Waals surface area (Å²) >= 11 is 0. The molecule has 34 heavy (non-hydrogen) atoms. The van der Waals surface area contributed by atoms with Crippen LogP contribution in [0.15, 0.2) is 5.16 Å². The molecule has 1 unspecified atom stereocenters. The molecule has 1 saturated heterocycles. The lowest BCUT2D eigenvalue weighted by Crippen LogP contribution is -2.53. The smallest absolute Gasteiger partial charge is 0.312 e. The lowest BCUT2D eigenvalue weighted by Gasteiger charge is -2.60. The maximum atomic E-state index is 12.5. The number of ketones is 1. The van der Waals surface area contributed by atoms with Gasteiger partial charge in [0.05, 0.1) is 5.71 Å². The Hall–Kier alpha value is -1.43. The number of nitrogens with one attached hydrogen (secondary N) is 1. The van der Waals surface area contributed by atoms with Crippen molar-refractivity contribution in [1.82, 2.24) is 10.2 Å². The second-order valence-electron chi connectivity index (χ2n) is 12.8. The number of hydrogen-bond donors (Lipinski definition) is 1. The van der Waals surface area contributed by atoms with E-state index in [2.05, 4.69) is 31.2 Å². The van der Waals surface area contributed by atoms with Gasteiger partial charge in [-0.05, 0) is 106 Å². The molecule has 8 atom stereocenters. The highest BCUT2D eigenvalue weighted by Gasteiger charge is 2.60. The fourth-order valence-corrected chi connectivity index (χ4v) is 9.29. The highest BCUT2D eigenvalue weighted by atomic mass is 16.7. The zero-order valence-electron chi connectivity index (χ0n) is 21.8. The molecule has 5 aliphatic rings. The zero-order chi connectivity index (χ0) is 24.1. The maximum Gasteiger partial charge on any atom is 0.435 e. The quantitative estimate of drug-likeness (QED) is 0.338. The maximum absolute atomic E-state index is 12.5. The summed E-state index contributed by atoms with van der Waals surface area (Å²) in [6.45, 7) is 8.78. The molecule has 1 aliphatic heterocycles. The zero-order valence-corrected chi connectivity index (χ0v) is 21.8. The molecule has 4 saturated carbocycles. The van der Waals surface area contributed by atoms with Gasteiger partial charge in [0.2, 0.25) is 0 Å². The van der Waals surface area contributed by atoms with Crippen molar-refractivity contribution >= 4 is 17.6 Å². The van der Waals surface area contributed by atoms with Crippen LogP contribution in [-0.4, -0.2) is 48.7 Å². The highest BCUT2D eigenvalue weighted by Crippen LogP contribution is 2.67. The van der Waals surface area contributed by atoms with E-state index in [-0.39, 0.29) is 11.5 Å². The van der Waals surface area contributed by atoms with E-state index in [9.17, 15) is 9.59 Å². The highest BCUT2D eigenvalue weighted by molar-refractivity contribution is 5.85. The topological polar surface area (TPSA) is 71.0 Å². The molecule has 4 aliphatic carbocycles. The average molecular weight is 472 g/mol. The Balaban J connectivity index is 1.24. The molecule has 0 aromatic rings. The van der Waals surface area contributed by atoms with Crippen LogP contribution in [0, 0.1) is 40.4 Å². The normalized spacial score (nSPS) is 44.2. The molecule has 5 fully saturated rings. The second kappa shape index (κ2) is 9.22. The Morgan fingerprint density at radius 1 is 1.09 bits per heavy atom.